The van der Waals surface area contributed by atoms with Crippen LogP contribution >= 0.6 is 0 Å². The number of hydrazine groups is 1. The highest BCUT2D eigenvalue weighted by molar-refractivity contribution is 5.66. The molecule has 0 saturated carbocycles. The van der Waals surface area contributed by atoms with E-state index >= 15 is 0 Å². The molecule has 0 aliphatic carbocycles. The average molecular weight is 170 g/mol. The van der Waals surface area contributed by atoms with Crippen molar-refractivity contribution in [1.29, 1.82) is 5.26 Å². The molecule has 0 unspecified atom stereocenters. The fourth-order valence-electron chi connectivity index (χ4n) is 0.396. The molecule has 12 heavy (non-hydrogen) atoms. The van der Waals surface area contributed by atoms with E-state index < -0.39 is 6.09 Å². The Labute approximate surface area is 70.0 Å². The lowest BCUT2D eigenvalue weighted by Gasteiger charge is -2.06. The Kier molecular flexibility index (Phi) is 4.93. The number of nitrogens with one attached hydrogen (secondary N) is 2. The highest BCUT2D eigenvalue weighted by Gasteiger charge is 1.97. The molecule has 66 valence electrons. The summed E-state index contributed by atoms with van der Waals surface area (Å²) in [7, 11) is 0. The Morgan fingerprint density at radius 1 is 1.75 bits per heavy atom. The minimum atomic E-state index is -0.646. The predicted molar refractivity (Wildman–Crippen MR) is 41.2 cm³/mol. The van der Waals surface area contributed by atoms with Crippen molar-refractivity contribution >= 4 is 6.09 Å². The summed E-state index contributed by atoms with van der Waals surface area (Å²) in [5.41, 5.74) is 9.56. The molecule has 0 aliphatic rings. The molecule has 4 N–H and O–H groups in total. The van der Waals surface area contributed by atoms with Gasteiger partial charge in [0.15, 0.2) is 0 Å². The van der Waals surface area contributed by atoms with Gasteiger partial charge >= 0.3 is 6.09 Å². The highest BCUT2D eigenvalue weighted by atomic mass is 16.5. The van der Waals surface area contributed by atoms with E-state index in [0.717, 1.165) is 6.08 Å². The van der Waals surface area contributed by atoms with E-state index in [4.69, 9.17) is 11.0 Å². The average Bonchev–Trinajstić information content (AvgIpc) is 2.02. The van der Waals surface area contributed by atoms with Gasteiger partial charge in [0.2, 0.25) is 0 Å². The van der Waals surface area contributed by atoms with E-state index in [2.05, 4.69) is 15.6 Å². The second-order valence-electron chi connectivity index (χ2n) is 1.70. The van der Waals surface area contributed by atoms with Gasteiger partial charge in [-0.05, 0) is 6.92 Å². The lowest BCUT2D eigenvalue weighted by molar-refractivity contribution is 0.148. The summed E-state index contributed by atoms with van der Waals surface area (Å²) >= 11 is 0. The molecule has 0 atom stereocenters. The smallest absolute Gasteiger partial charge is 0.425 e. The summed E-state index contributed by atoms with van der Waals surface area (Å²) in [4.78, 5) is 10.6. The maximum absolute atomic E-state index is 10.6. The van der Waals surface area contributed by atoms with Gasteiger partial charge in [-0.15, -0.1) is 0 Å². The van der Waals surface area contributed by atoms with E-state index in [1.807, 2.05) is 0 Å². The Morgan fingerprint density at radius 3 is 2.92 bits per heavy atom. The van der Waals surface area contributed by atoms with Crippen LogP contribution in [0.4, 0.5) is 4.79 Å². The summed E-state index contributed by atoms with van der Waals surface area (Å²) in [5.74, 6) is 0.0468. The number of allylic oxidation sites excluding steroid dienone is 1. The summed E-state index contributed by atoms with van der Waals surface area (Å²) in [5, 5.41) is 8.11. The largest absolute Gasteiger partial charge is 0.449 e. The number of amides is 1. The number of nitrogens with zero attached hydrogens (tertiary/aromatic N) is 1. The Balaban J connectivity index is 3.63. The lowest BCUT2D eigenvalue weighted by atomic mass is 10.6. The van der Waals surface area contributed by atoms with Gasteiger partial charge < -0.3 is 10.5 Å². The molecular weight excluding hydrogens is 160 g/mol. The molecule has 6 nitrogen and oxygen atoms in total. The second kappa shape index (κ2) is 5.85. The van der Waals surface area contributed by atoms with Gasteiger partial charge in [0.25, 0.3) is 0 Å². The van der Waals surface area contributed by atoms with Gasteiger partial charge in [-0.2, -0.15) is 5.26 Å². The van der Waals surface area contributed by atoms with Crippen molar-refractivity contribution in [3.63, 3.8) is 0 Å². The molecule has 0 heterocycles. The maximum Gasteiger partial charge on any atom is 0.425 e. The normalized spacial score (nSPS) is 9.83. The zero-order valence-electron chi connectivity index (χ0n) is 6.63. The van der Waals surface area contributed by atoms with Gasteiger partial charge in [-0.3, -0.25) is 5.43 Å². The van der Waals surface area contributed by atoms with Crippen molar-refractivity contribution in [1.82, 2.24) is 10.9 Å². The number of nitriles is 1. The number of nitrogens with two attached hydrogens (primary N) is 1. The Morgan fingerprint density at radius 2 is 2.42 bits per heavy atom. The van der Waals surface area contributed by atoms with E-state index in [9.17, 15) is 4.79 Å². The fourth-order valence-corrected chi connectivity index (χ4v) is 0.396. The summed E-state index contributed by atoms with van der Waals surface area (Å²) in [6, 6.07) is 1.68. The van der Waals surface area contributed by atoms with Crippen molar-refractivity contribution in [2.45, 2.75) is 6.92 Å². The molecular formula is C6H10N4O2. The van der Waals surface area contributed by atoms with Crippen LogP contribution in [0.15, 0.2) is 11.9 Å². The molecule has 0 aromatic rings. The van der Waals surface area contributed by atoms with Gasteiger partial charge in [-0.1, -0.05) is 0 Å². The number of carbonyl (C=O) groups is 1. The number of hydrogen-bond donors (Lipinski definition) is 3. The van der Waals surface area contributed by atoms with Crippen LogP contribution in [0.5, 0.6) is 0 Å². The van der Waals surface area contributed by atoms with E-state index in [0.29, 0.717) is 0 Å². The second-order valence-corrected chi connectivity index (χ2v) is 1.70. The fraction of sp³-hybridized carbons (Fsp3) is 0.333. The minimum absolute atomic E-state index is 0.0468. The first-order valence-corrected chi connectivity index (χ1v) is 3.24. The number of ether oxygens (including phenoxy) is 1. The summed E-state index contributed by atoms with van der Waals surface area (Å²) < 4.78 is 4.49. The Hall–Kier alpha value is -1.90. The third-order valence-corrected chi connectivity index (χ3v) is 0.804. The molecule has 6 heteroatoms. The van der Waals surface area contributed by atoms with Crippen LogP contribution in [0.2, 0.25) is 0 Å². The third kappa shape index (κ3) is 4.93. The van der Waals surface area contributed by atoms with Crippen LogP contribution in [-0.4, -0.2) is 12.7 Å². The molecule has 1 amide bonds. The van der Waals surface area contributed by atoms with Crippen molar-refractivity contribution in [3.05, 3.63) is 11.9 Å². The molecule has 0 aromatic carbocycles. The first-order chi connectivity index (χ1) is 5.70. The standard InChI is InChI=1S/C6H10N4O2/c1-2-12-6(11)10-9-5(8)3-4-7/h3,9H,2,8H2,1H3,(H,10,11)/b5-3-. The third-order valence-electron chi connectivity index (χ3n) is 0.804. The molecule has 0 spiro atoms. The van der Waals surface area contributed by atoms with Crippen molar-refractivity contribution < 1.29 is 9.53 Å². The predicted octanol–water partition coefficient (Wildman–Crippen LogP) is -0.439. The van der Waals surface area contributed by atoms with Gasteiger partial charge in [0.05, 0.1) is 18.8 Å². The monoisotopic (exact) mass is 170 g/mol. The number of carbonyl (C=O) groups excluding carboxylic acids is 1. The topological polar surface area (TPSA) is 100 Å². The number of hydrogen-bond acceptors (Lipinski definition) is 5. The van der Waals surface area contributed by atoms with Crippen LogP contribution in [0.3, 0.4) is 0 Å². The molecule has 0 aliphatic heterocycles. The van der Waals surface area contributed by atoms with Gasteiger partial charge in [-0.25, -0.2) is 10.2 Å². The van der Waals surface area contributed by atoms with E-state index in [1.54, 1.807) is 13.0 Å². The zero-order chi connectivity index (χ0) is 9.40. The van der Waals surface area contributed by atoms with Crippen LogP contribution in [0.25, 0.3) is 0 Å². The maximum atomic E-state index is 10.6. The van der Waals surface area contributed by atoms with Crippen LogP contribution in [0, 0.1) is 11.3 Å². The molecule has 0 rings (SSSR count). The zero-order valence-corrected chi connectivity index (χ0v) is 6.63. The quantitative estimate of drug-likeness (QED) is 0.394. The van der Waals surface area contributed by atoms with Gasteiger partial charge in [0.1, 0.15) is 5.82 Å². The summed E-state index contributed by atoms with van der Waals surface area (Å²) in [6.45, 7) is 1.95. The molecule has 0 saturated heterocycles. The van der Waals surface area contributed by atoms with Crippen molar-refractivity contribution in [2.75, 3.05) is 6.61 Å². The van der Waals surface area contributed by atoms with E-state index in [1.165, 1.54) is 0 Å². The molecule has 0 radical (unpaired) electrons. The first kappa shape index (κ1) is 10.1. The Bertz CT molecular complexity index is 218. The van der Waals surface area contributed by atoms with Crippen molar-refractivity contribution in [2.24, 2.45) is 5.73 Å². The molecule has 0 fully saturated rings. The molecule has 0 bridgehead atoms. The first-order valence-electron chi connectivity index (χ1n) is 3.24. The number of rotatable bonds is 3. The highest BCUT2D eigenvalue weighted by Crippen LogP contribution is 1.75. The molecule has 0 aromatic heterocycles. The van der Waals surface area contributed by atoms with Crippen LogP contribution in [-0.2, 0) is 4.74 Å². The van der Waals surface area contributed by atoms with Gasteiger partial charge in [0, 0.05) is 0 Å². The SMILES string of the molecule is CCOC(=O)NN/C(N)=C\C#N. The van der Waals surface area contributed by atoms with Crippen LogP contribution in [0.1, 0.15) is 6.92 Å². The summed E-state index contributed by atoms with van der Waals surface area (Å²) in [6.07, 6.45) is 0.401. The van der Waals surface area contributed by atoms with E-state index in [-0.39, 0.29) is 12.4 Å². The van der Waals surface area contributed by atoms with Crippen molar-refractivity contribution in [3.8, 4) is 6.07 Å². The minimum Gasteiger partial charge on any atom is -0.449 e. The van der Waals surface area contributed by atoms with Crippen LogP contribution < -0.4 is 16.6 Å². The lowest BCUT2D eigenvalue weighted by Crippen LogP contribution is -2.39.